The lowest BCUT2D eigenvalue weighted by Crippen LogP contribution is -2.22. The fourth-order valence-corrected chi connectivity index (χ4v) is 5.32. The van der Waals surface area contributed by atoms with Crippen LogP contribution in [0.2, 0.25) is 0 Å². The molecule has 0 fully saturated rings. The Hall–Kier alpha value is -5.76. The summed E-state index contributed by atoms with van der Waals surface area (Å²) >= 11 is 0. The molecule has 6 aromatic rings. The van der Waals surface area contributed by atoms with Crippen LogP contribution in [0.3, 0.4) is 0 Å². The molecule has 212 valence electrons. The van der Waals surface area contributed by atoms with Gasteiger partial charge < -0.3 is 21.4 Å². The zero-order chi connectivity index (χ0) is 30.1. The van der Waals surface area contributed by atoms with E-state index in [-0.39, 0.29) is 11.8 Å². The third-order valence-corrected chi connectivity index (χ3v) is 7.56. The molecule has 1 heterocycles. The smallest absolute Gasteiger partial charge is 0.255 e. The maximum atomic E-state index is 13.3. The Labute approximate surface area is 246 Å². The first-order chi connectivity index (χ1) is 20.8. The molecular formula is C35H27FN4O3. The van der Waals surface area contributed by atoms with Gasteiger partial charge in [0.15, 0.2) is 0 Å². The summed E-state index contributed by atoms with van der Waals surface area (Å²) in [5.74, 6) is -1.59. The molecule has 0 saturated heterocycles. The first-order valence-corrected chi connectivity index (χ1v) is 13.7. The van der Waals surface area contributed by atoms with Crippen molar-refractivity contribution in [3.63, 3.8) is 0 Å². The van der Waals surface area contributed by atoms with Crippen molar-refractivity contribution in [1.82, 2.24) is 10.3 Å². The van der Waals surface area contributed by atoms with Crippen molar-refractivity contribution in [2.45, 2.75) is 13.5 Å². The van der Waals surface area contributed by atoms with E-state index in [2.05, 4.69) is 15.6 Å². The van der Waals surface area contributed by atoms with Crippen LogP contribution in [0.25, 0.3) is 32.9 Å². The zero-order valence-corrected chi connectivity index (χ0v) is 23.2. The predicted octanol–water partition coefficient (Wildman–Crippen LogP) is 6.72. The van der Waals surface area contributed by atoms with Crippen LogP contribution in [0.4, 0.5) is 10.1 Å². The van der Waals surface area contributed by atoms with Crippen molar-refractivity contribution in [2.75, 3.05) is 5.32 Å². The minimum Gasteiger partial charge on any atom is -0.366 e. The molecule has 0 unspecified atom stereocenters. The molecular weight excluding hydrogens is 543 g/mol. The summed E-state index contributed by atoms with van der Waals surface area (Å²) in [6.45, 7) is 2.29. The van der Waals surface area contributed by atoms with Crippen LogP contribution < -0.4 is 16.4 Å². The summed E-state index contributed by atoms with van der Waals surface area (Å²) in [6, 6.07) is 29.4. The summed E-state index contributed by atoms with van der Waals surface area (Å²) in [7, 11) is 0. The quantitative estimate of drug-likeness (QED) is 0.171. The maximum Gasteiger partial charge on any atom is 0.255 e. The topological polar surface area (TPSA) is 117 Å². The van der Waals surface area contributed by atoms with Gasteiger partial charge in [0, 0.05) is 39.6 Å². The Balaban J connectivity index is 1.40. The van der Waals surface area contributed by atoms with Crippen LogP contribution in [-0.2, 0) is 6.54 Å². The third kappa shape index (κ3) is 5.34. The van der Waals surface area contributed by atoms with Gasteiger partial charge in [-0.25, -0.2) is 4.39 Å². The minimum atomic E-state index is -0.582. The predicted molar refractivity (Wildman–Crippen MR) is 166 cm³/mol. The highest BCUT2D eigenvalue weighted by Gasteiger charge is 2.20. The van der Waals surface area contributed by atoms with E-state index in [1.165, 1.54) is 24.3 Å². The number of H-pyrrole nitrogens is 1. The highest BCUT2D eigenvalue weighted by Crippen LogP contribution is 2.39. The second kappa shape index (κ2) is 11.3. The van der Waals surface area contributed by atoms with E-state index in [1.807, 2.05) is 61.5 Å². The van der Waals surface area contributed by atoms with Crippen LogP contribution in [0.15, 0.2) is 103 Å². The number of anilines is 1. The molecule has 0 aliphatic heterocycles. The van der Waals surface area contributed by atoms with Crippen LogP contribution in [-0.4, -0.2) is 22.7 Å². The molecule has 1 aromatic heterocycles. The third-order valence-electron chi connectivity index (χ3n) is 7.56. The largest absolute Gasteiger partial charge is 0.366 e. The van der Waals surface area contributed by atoms with Gasteiger partial charge in [0.05, 0.1) is 11.1 Å². The average Bonchev–Trinajstić information content (AvgIpc) is 3.40. The standard InChI is InChI=1S/C35H27FN4O3/c1-20-25(8-5-9-29(20)40-35(43)22-10-13-24(36)14-11-22)26-16-17-28(33(37)41)32-31(26)27-15-12-23(18-30(27)39-32)34(42)38-19-21-6-3-2-4-7-21/h2-18,39H,19H2,1H3,(H2,37,41)(H,38,42)(H,40,43). The Bertz CT molecular complexity index is 2030. The lowest BCUT2D eigenvalue weighted by atomic mass is 9.93. The number of aromatic nitrogens is 1. The van der Waals surface area contributed by atoms with Crippen LogP contribution in [0, 0.1) is 12.7 Å². The maximum absolute atomic E-state index is 13.3. The first-order valence-electron chi connectivity index (χ1n) is 13.7. The summed E-state index contributed by atoms with van der Waals surface area (Å²) in [5, 5.41) is 7.45. The van der Waals surface area contributed by atoms with Crippen LogP contribution in [0.1, 0.15) is 42.2 Å². The first kappa shape index (κ1) is 27.4. The number of primary amides is 1. The Morgan fingerprint density at radius 1 is 0.791 bits per heavy atom. The number of aromatic amines is 1. The lowest BCUT2D eigenvalue weighted by Gasteiger charge is -2.15. The number of halogens is 1. The molecule has 0 atom stereocenters. The van der Waals surface area contributed by atoms with Gasteiger partial charge in [0.1, 0.15) is 5.82 Å². The molecule has 3 amide bonds. The Morgan fingerprint density at radius 3 is 2.28 bits per heavy atom. The number of nitrogens with two attached hydrogens (primary N) is 1. The summed E-state index contributed by atoms with van der Waals surface area (Å²) < 4.78 is 13.3. The summed E-state index contributed by atoms with van der Waals surface area (Å²) in [4.78, 5) is 41.6. The monoisotopic (exact) mass is 570 g/mol. The van der Waals surface area contributed by atoms with E-state index in [4.69, 9.17) is 5.73 Å². The molecule has 0 aliphatic rings. The van der Waals surface area contributed by atoms with Crippen molar-refractivity contribution in [3.05, 3.63) is 137 Å². The normalized spacial score (nSPS) is 11.0. The van der Waals surface area contributed by atoms with Gasteiger partial charge >= 0.3 is 0 Å². The zero-order valence-electron chi connectivity index (χ0n) is 23.2. The van der Waals surface area contributed by atoms with E-state index in [1.54, 1.807) is 24.3 Å². The molecule has 7 nitrogen and oxygen atoms in total. The fraction of sp³-hybridized carbons (Fsp3) is 0.0571. The molecule has 0 radical (unpaired) electrons. The van der Waals surface area contributed by atoms with E-state index in [0.29, 0.717) is 40.0 Å². The molecule has 0 bridgehead atoms. The van der Waals surface area contributed by atoms with Crippen LogP contribution in [0.5, 0.6) is 0 Å². The van der Waals surface area contributed by atoms with Crippen molar-refractivity contribution in [1.29, 1.82) is 0 Å². The van der Waals surface area contributed by atoms with Crippen molar-refractivity contribution in [3.8, 4) is 11.1 Å². The number of hydrogen-bond acceptors (Lipinski definition) is 3. The molecule has 0 spiro atoms. The number of nitrogens with one attached hydrogen (secondary N) is 3. The molecule has 5 aromatic carbocycles. The number of hydrogen-bond donors (Lipinski definition) is 4. The molecule has 6 rings (SSSR count). The van der Waals surface area contributed by atoms with Gasteiger partial charge in [0.25, 0.3) is 17.7 Å². The van der Waals surface area contributed by atoms with Gasteiger partial charge in [-0.1, -0.05) is 54.6 Å². The average molecular weight is 571 g/mol. The van der Waals surface area contributed by atoms with Crippen LogP contribution >= 0.6 is 0 Å². The molecule has 43 heavy (non-hydrogen) atoms. The van der Waals surface area contributed by atoms with Gasteiger partial charge in [-0.05, 0) is 77.7 Å². The van der Waals surface area contributed by atoms with Gasteiger partial charge in [-0.3, -0.25) is 14.4 Å². The van der Waals surface area contributed by atoms with Crippen molar-refractivity contribution >= 4 is 45.2 Å². The fourth-order valence-electron chi connectivity index (χ4n) is 5.32. The van der Waals surface area contributed by atoms with Gasteiger partial charge in [-0.2, -0.15) is 0 Å². The van der Waals surface area contributed by atoms with E-state index >= 15 is 0 Å². The van der Waals surface area contributed by atoms with Crippen molar-refractivity contribution in [2.24, 2.45) is 5.73 Å². The highest BCUT2D eigenvalue weighted by atomic mass is 19.1. The molecule has 5 N–H and O–H groups in total. The van der Waals surface area contributed by atoms with Gasteiger partial charge in [0.2, 0.25) is 0 Å². The second-order valence-corrected chi connectivity index (χ2v) is 10.3. The number of rotatable bonds is 7. The Morgan fingerprint density at radius 2 is 1.53 bits per heavy atom. The SMILES string of the molecule is Cc1c(NC(=O)c2ccc(F)cc2)cccc1-c1ccc(C(N)=O)c2[nH]c3cc(C(=O)NCc4ccccc4)ccc3c12. The van der Waals surface area contributed by atoms with Gasteiger partial charge in [-0.15, -0.1) is 0 Å². The highest BCUT2D eigenvalue weighted by molar-refractivity contribution is 6.20. The summed E-state index contributed by atoms with van der Waals surface area (Å²) in [6.07, 6.45) is 0. The Kier molecular flexibility index (Phi) is 7.17. The number of benzene rings is 5. The van der Waals surface area contributed by atoms with Crippen molar-refractivity contribution < 1.29 is 18.8 Å². The van der Waals surface area contributed by atoms with E-state index in [0.717, 1.165) is 33.0 Å². The molecule has 0 aliphatic carbocycles. The van der Waals surface area contributed by atoms with E-state index < -0.39 is 11.7 Å². The number of amides is 3. The summed E-state index contributed by atoms with van der Waals surface area (Å²) in [5.41, 5.74) is 12.1. The number of fused-ring (bicyclic) bond motifs is 3. The molecule has 8 heteroatoms. The number of carbonyl (C=O) groups is 3. The number of carbonyl (C=O) groups excluding carboxylic acids is 3. The second-order valence-electron chi connectivity index (χ2n) is 10.3. The molecule has 0 saturated carbocycles. The minimum absolute atomic E-state index is 0.222. The lowest BCUT2D eigenvalue weighted by molar-refractivity contribution is 0.0949. The van der Waals surface area contributed by atoms with E-state index in [9.17, 15) is 18.8 Å².